The second kappa shape index (κ2) is 12.2. The zero-order valence-electron chi connectivity index (χ0n) is 20.1. The van der Waals surface area contributed by atoms with Crippen LogP contribution in [0.15, 0.2) is 65.7 Å². The van der Waals surface area contributed by atoms with Crippen molar-refractivity contribution in [1.82, 2.24) is 4.90 Å². The number of methoxy groups -OCH3 is 1. The first-order chi connectivity index (χ1) is 17.7. The molecule has 0 saturated carbocycles. The zero-order valence-corrected chi connectivity index (χ0v) is 23.2. The van der Waals surface area contributed by atoms with Crippen molar-refractivity contribution in [1.29, 1.82) is 0 Å². The van der Waals surface area contributed by atoms with Crippen LogP contribution < -0.4 is 10.1 Å². The van der Waals surface area contributed by atoms with Gasteiger partial charge in [-0.25, -0.2) is 4.99 Å². The molecule has 0 unspecified atom stereocenters. The van der Waals surface area contributed by atoms with Crippen LogP contribution in [0.4, 0.5) is 11.4 Å². The third-order valence-electron chi connectivity index (χ3n) is 5.82. The number of anilines is 1. The third-order valence-corrected chi connectivity index (χ3v) is 7.95. The summed E-state index contributed by atoms with van der Waals surface area (Å²) in [4.78, 5) is 32.6. The Morgan fingerprint density at radius 2 is 1.84 bits per heavy atom. The maximum absolute atomic E-state index is 13.4. The van der Waals surface area contributed by atoms with Gasteiger partial charge in [-0.15, -0.1) is 0 Å². The van der Waals surface area contributed by atoms with Crippen LogP contribution in [0, 0.1) is 6.92 Å². The second-order valence-electron chi connectivity index (χ2n) is 8.35. The van der Waals surface area contributed by atoms with Gasteiger partial charge >= 0.3 is 0 Å². The molecule has 1 fully saturated rings. The largest absolute Gasteiger partial charge is 0.495 e. The Morgan fingerprint density at radius 1 is 1.08 bits per heavy atom. The van der Waals surface area contributed by atoms with Gasteiger partial charge in [-0.05, 0) is 66.9 Å². The van der Waals surface area contributed by atoms with Gasteiger partial charge in [0, 0.05) is 28.7 Å². The summed E-state index contributed by atoms with van der Waals surface area (Å²) in [6, 6.07) is 17.9. The lowest BCUT2D eigenvalue weighted by molar-refractivity contribution is -0.128. The summed E-state index contributed by atoms with van der Waals surface area (Å²) in [7, 11) is 1.52. The van der Waals surface area contributed by atoms with Gasteiger partial charge in [-0.1, -0.05) is 64.8 Å². The van der Waals surface area contributed by atoms with E-state index in [2.05, 4.69) is 5.32 Å². The molecule has 0 aliphatic carbocycles. The number of hydrogen-bond acceptors (Lipinski definition) is 5. The molecule has 1 aliphatic heterocycles. The highest BCUT2D eigenvalue weighted by Gasteiger charge is 2.39. The fourth-order valence-corrected chi connectivity index (χ4v) is 5.50. The Labute approximate surface area is 234 Å². The maximum atomic E-state index is 13.4. The number of nitrogens with zero attached hydrogens (tertiary/aromatic N) is 2. The molecule has 1 heterocycles. The van der Waals surface area contributed by atoms with Crippen molar-refractivity contribution in [3.05, 3.63) is 86.9 Å². The van der Waals surface area contributed by atoms with E-state index in [1.807, 2.05) is 43.3 Å². The Bertz CT molecular complexity index is 1350. The van der Waals surface area contributed by atoms with Gasteiger partial charge in [0.15, 0.2) is 5.17 Å². The van der Waals surface area contributed by atoms with Crippen molar-refractivity contribution < 1.29 is 14.3 Å². The summed E-state index contributed by atoms with van der Waals surface area (Å²) < 4.78 is 5.15. The van der Waals surface area contributed by atoms with E-state index in [4.69, 9.17) is 44.5 Å². The van der Waals surface area contributed by atoms with Crippen molar-refractivity contribution in [3.8, 4) is 5.75 Å². The molecule has 0 spiro atoms. The van der Waals surface area contributed by atoms with Crippen LogP contribution in [0.1, 0.15) is 17.5 Å². The molecule has 1 N–H and O–H groups in total. The molecule has 0 bridgehead atoms. The first kappa shape index (κ1) is 27.3. The molecule has 37 heavy (non-hydrogen) atoms. The molecule has 4 rings (SSSR count). The van der Waals surface area contributed by atoms with E-state index in [0.29, 0.717) is 50.3 Å². The Morgan fingerprint density at radius 3 is 2.54 bits per heavy atom. The van der Waals surface area contributed by atoms with Crippen molar-refractivity contribution in [2.24, 2.45) is 4.99 Å². The van der Waals surface area contributed by atoms with Gasteiger partial charge in [-0.2, -0.15) is 0 Å². The van der Waals surface area contributed by atoms with Crippen molar-refractivity contribution in [2.45, 2.75) is 25.0 Å². The lowest BCUT2D eigenvalue weighted by Crippen LogP contribution is -2.35. The highest BCUT2D eigenvalue weighted by atomic mass is 35.5. The van der Waals surface area contributed by atoms with Gasteiger partial charge in [0.1, 0.15) is 11.0 Å². The Balaban J connectivity index is 1.52. The lowest BCUT2D eigenvalue weighted by Gasteiger charge is -2.17. The molecule has 3 aromatic rings. The summed E-state index contributed by atoms with van der Waals surface area (Å²) in [5.41, 5.74) is 3.06. The van der Waals surface area contributed by atoms with Crippen LogP contribution in [-0.2, 0) is 16.0 Å². The number of amides is 2. The van der Waals surface area contributed by atoms with Gasteiger partial charge in [0.25, 0.3) is 0 Å². The number of nitrogens with one attached hydrogen (secondary N) is 1. The first-order valence-electron chi connectivity index (χ1n) is 11.4. The van der Waals surface area contributed by atoms with Crippen LogP contribution in [0.25, 0.3) is 0 Å². The van der Waals surface area contributed by atoms with E-state index in [1.165, 1.54) is 18.9 Å². The number of carbonyl (C=O) groups is 2. The molecule has 10 heteroatoms. The quantitative estimate of drug-likeness (QED) is 0.309. The monoisotopic (exact) mass is 575 g/mol. The van der Waals surface area contributed by atoms with Gasteiger partial charge in [-0.3, -0.25) is 14.5 Å². The predicted octanol–water partition coefficient (Wildman–Crippen LogP) is 7.17. The summed E-state index contributed by atoms with van der Waals surface area (Å²) in [5.74, 6) is 0.0416. The molecule has 1 atom stereocenters. The second-order valence-corrected chi connectivity index (χ2v) is 10.8. The molecule has 6 nitrogen and oxygen atoms in total. The standard InChI is InChI=1S/C27H24Cl3N3O3S/c1-16-20(29)4-3-5-22(16)32-27-33(13-12-17-6-8-18(28)9-7-17)26(35)24(37-27)15-25(34)31-19-10-11-23(36-2)21(30)14-19/h3-11,14,24H,12-13,15H2,1-2H3,(H,31,34)/t24-/m1/s1. The summed E-state index contributed by atoms with van der Waals surface area (Å²) >= 11 is 19.7. The first-order valence-corrected chi connectivity index (χ1v) is 13.5. The highest BCUT2D eigenvalue weighted by molar-refractivity contribution is 8.15. The number of aliphatic imine (C=N–C) groups is 1. The van der Waals surface area contributed by atoms with E-state index in [1.54, 1.807) is 29.2 Å². The van der Waals surface area contributed by atoms with E-state index < -0.39 is 5.25 Å². The van der Waals surface area contributed by atoms with Gasteiger partial charge in [0.05, 0.1) is 17.8 Å². The fourth-order valence-electron chi connectivity index (χ4n) is 3.77. The number of ether oxygens (including phenoxy) is 1. The van der Waals surface area contributed by atoms with Crippen molar-refractivity contribution >= 4 is 74.9 Å². The summed E-state index contributed by atoms with van der Waals surface area (Å²) in [6.07, 6.45) is 0.596. The predicted molar refractivity (Wildman–Crippen MR) is 153 cm³/mol. The molecular formula is C27H24Cl3N3O3S. The summed E-state index contributed by atoms with van der Waals surface area (Å²) in [6.45, 7) is 2.30. The van der Waals surface area contributed by atoms with Crippen LogP contribution in [-0.4, -0.2) is 40.8 Å². The van der Waals surface area contributed by atoms with Gasteiger partial charge < -0.3 is 10.1 Å². The average molecular weight is 577 g/mol. The van der Waals surface area contributed by atoms with E-state index in [-0.39, 0.29) is 18.2 Å². The number of thioether (sulfide) groups is 1. The van der Waals surface area contributed by atoms with E-state index >= 15 is 0 Å². The molecule has 1 aliphatic rings. The van der Waals surface area contributed by atoms with Crippen LogP contribution >= 0.6 is 46.6 Å². The van der Waals surface area contributed by atoms with Crippen LogP contribution in [0.5, 0.6) is 5.75 Å². The minimum absolute atomic E-state index is 0.0157. The van der Waals surface area contributed by atoms with Crippen molar-refractivity contribution in [2.75, 3.05) is 19.0 Å². The minimum Gasteiger partial charge on any atom is -0.495 e. The van der Waals surface area contributed by atoms with E-state index in [0.717, 1.165) is 11.1 Å². The third kappa shape index (κ3) is 6.79. The molecule has 0 aromatic heterocycles. The van der Waals surface area contributed by atoms with Crippen molar-refractivity contribution in [3.63, 3.8) is 0 Å². The molecule has 2 amide bonds. The highest BCUT2D eigenvalue weighted by Crippen LogP contribution is 2.34. The number of hydrogen-bond donors (Lipinski definition) is 1. The normalized spacial score (nSPS) is 16.4. The SMILES string of the molecule is COc1ccc(NC(=O)C[C@H]2SC(=Nc3cccc(Cl)c3C)N(CCc3ccc(Cl)cc3)C2=O)cc1Cl. The topological polar surface area (TPSA) is 71.0 Å². The van der Waals surface area contributed by atoms with Crippen LogP contribution in [0.3, 0.4) is 0 Å². The Kier molecular flexibility index (Phi) is 9.03. The lowest BCUT2D eigenvalue weighted by atomic mass is 10.1. The number of carbonyl (C=O) groups excluding carboxylic acids is 2. The molecule has 192 valence electrons. The number of halogens is 3. The molecule has 3 aromatic carbocycles. The summed E-state index contributed by atoms with van der Waals surface area (Å²) in [5, 5.41) is 4.36. The number of benzene rings is 3. The number of rotatable bonds is 8. The zero-order chi connectivity index (χ0) is 26.5. The Hall–Kier alpha value is -2.71. The molecule has 1 saturated heterocycles. The number of amidine groups is 1. The smallest absolute Gasteiger partial charge is 0.242 e. The van der Waals surface area contributed by atoms with Gasteiger partial charge in [0.2, 0.25) is 11.8 Å². The molecule has 0 radical (unpaired) electrons. The average Bonchev–Trinajstić information content (AvgIpc) is 3.15. The van der Waals surface area contributed by atoms with E-state index in [9.17, 15) is 9.59 Å². The molecular weight excluding hydrogens is 553 g/mol. The maximum Gasteiger partial charge on any atom is 0.242 e. The fraction of sp³-hybridized carbons (Fsp3) is 0.222. The van der Waals surface area contributed by atoms with Crippen LogP contribution in [0.2, 0.25) is 15.1 Å². The minimum atomic E-state index is -0.614.